The molecule has 0 aromatic heterocycles. The van der Waals surface area contributed by atoms with Crippen LogP contribution in [0.4, 0.5) is 26.3 Å². The standard InChI is InChI=1S/C5H4F6N2/c6-4(7,8)2-3(5(9,10)11)13-1-12-2/h1-3H,(H,12,13). The minimum absolute atomic E-state index is 0.427. The van der Waals surface area contributed by atoms with Crippen molar-refractivity contribution in [3.05, 3.63) is 0 Å². The Morgan fingerprint density at radius 1 is 1.00 bits per heavy atom. The van der Waals surface area contributed by atoms with Gasteiger partial charge in [0.1, 0.15) is 0 Å². The molecule has 76 valence electrons. The molecule has 0 saturated carbocycles. The van der Waals surface area contributed by atoms with E-state index < -0.39 is 24.4 Å². The minimum atomic E-state index is -4.97. The first-order chi connectivity index (χ1) is 5.73. The zero-order valence-corrected chi connectivity index (χ0v) is 5.95. The lowest BCUT2D eigenvalue weighted by Crippen LogP contribution is -2.50. The van der Waals surface area contributed by atoms with Crippen molar-refractivity contribution in [2.45, 2.75) is 24.4 Å². The van der Waals surface area contributed by atoms with E-state index >= 15 is 0 Å². The number of aliphatic imine (C=N–C) groups is 1. The summed E-state index contributed by atoms with van der Waals surface area (Å²) in [5.74, 6) is 0. The van der Waals surface area contributed by atoms with Gasteiger partial charge in [0.25, 0.3) is 0 Å². The quantitative estimate of drug-likeness (QED) is 0.596. The highest BCUT2D eigenvalue weighted by atomic mass is 19.4. The molecule has 0 bridgehead atoms. The predicted octanol–water partition coefficient (Wildman–Crippen LogP) is 1.48. The third kappa shape index (κ3) is 2.04. The van der Waals surface area contributed by atoms with Crippen molar-refractivity contribution < 1.29 is 26.3 Å². The Bertz CT molecular complexity index is 216. The van der Waals surface area contributed by atoms with Crippen LogP contribution in [-0.4, -0.2) is 30.8 Å². The van der Waals surface area contributed by atoms with E-state index in [-0.39, 0.29) is 0 Å². The van der Waals surface area contributed by atoms with Crippen molar-refractivity contribution in [3.63, 3.8) is 0 Å². The van der Waals surface area contributed by atoms with E-state index in [1.807, 2.05) is 0 Å². The number of hydrogen-bond donors (Lipinski definition) is 1. The first-order valence-electron chi connectivity index (χ1n) is 3.14. The van der Waals surface area contributed by atoms with Gasteiger partial charge in [0.15, 0.2) is 12.1 Å². The summed E-state index contributed by atoms with van der Waals surface area (Å²) in [6.45, 7) is 0. The Morgan fingerprint density at radius 3 is 1.85 bits per heavy atom. The maximum absolute atomic E-state index is 11.9. The van der Waals surface area contributed by atoms with Gasteiger partial charge in [-0.05, 0) is 0 Å². The SMILES string of the molecule is FC(F)(F)C1N=CNC1C(F)(F)F. The van der Waals surface area contributed by atoms with Gasteiger partial charge in [0.05, 0.1) is 6.34 Å². The van der Waals surface area contributed by atoms with Crippen LogP contribution in [0.15, 0.2) is 4.99 Å². The van der Waals surface area contributed by atoms with Gasteiger partial charge in [-0.15, -0.1) is 0 Å². The molecule has 1 aliphatic heterocycles. The third-order valence-corrected chi connectivity index (χ3v) is 1.49. The van der Waals surface area contributed by atoms with Crippen LogP contribution in [0.25, 0.3) is 0 Å². The molecule has 1 rings (SSSR count). The minimum Gasteiger partial charge on any atom is -0.363 e. The third-order valence-electron chi connectivity index (χ3n) is 1.49. The van der Waals surface area contributed by atoms with Crippen LogP contribution in [0.3, 0.4) is 0 Å². The lowest BCUT2D eigenvalue weighted by Gasteiger charge is -2.22. The largest absolute Gasteiger partial charge is 0.413 e. The highest BCUT2D eigenvalue weighted by Gasteiger charge is 2.57. The number of alkyl halides is 6. The normalized spacial score (nSPS) is 29.1. The summed E-state index contributed by atoms with van der Waals surface area (Å²) in [6, 6.07) is -5.39. The molecule has 13 heavy (non-hydrogen) atoms. The first-order valence-corrected chi connectivity index (χ1v) is 3.14. The van der Waals surface area contributed by atoms with Crippen molar-refractivity contribution in [1.82, 2.24) is 5.32 Å². The van der Waals surface area contributed by atoms with Crippen molar-refractivity contribution in [3.8, 4) is 0 Å². The monoisotopic (exact) mass is 206 g/mol. The Balaban J connectivity index is 2.81. The highest BCUT2D eigenvalue weighted by molar-refractivity contribution is 5.58. The van der Waals surface area contributed by atoms with Gasteiger partial charge in [0, 0.05) is 0 Å². The molecule has 0 spiro atoms. The number of halogens is 6. The first kappa shape index (κ1) is 10.1. The van der Waals surface area contributed by atoms with Gasteiger partial charge in [-0.1, -0.05) is 0 Å². The fourth-order valence-electron chi connectivity index (χ4n) is 0.928. The van der Waals surface area contributed by atoms with Gasteiger partial charge in [-0.2, -0.15) is 26.3 Å². The molecule has 0 aromatic carbocycles. The molecule has 1 N–H and O–H groups in total. The summed E-state index contributed by atoms with van der Waals surface area (Å²) in [5.41, 5.74) is 0. The Labute approximate surface area is 68.6 Å². The molecule has 0 aromatic rings. The predicted molar refractivity (Wildman–Crippen MR) is 31.3 cm³/mol. The summed E-state index contributed by atoms with van der Waals surface area (Å²) in [6.07, 6.45) is -9.49. The molecule has 0 aliphatic carbocycles. The van der Waals surface area contributed by atoms with E-state index in [2.05, 4.69) is 4.99 Å². The van der Waals surface area contributed by atoms with Gasteiger partial charge in [-0.3, -0.25) is 4.99 Å². The highest BCUT2D eigenvalue weighted by Crippen LogP contribution is 2.34. The molecule has 1 aliphatic rings. The number of rotatable bonds is 0. The average molecular weight is 206 g/mol. The summed E-state index contributed by atoms with van der Waals surface area (Å²) < 4.78 is 71.4. The second-order valence-corrected chi connectivity index (χ2v) is 2.45. The van der Waals surface area contributed by atoms with Gasteiger partial charge in [0.2, 0.25) is 0 Å². The topological polar surface area (TPSA) is 24.4 Å². The van der Waals surface area contributed by atoms with Gasteiger partial charge in [-0.25, -0.2) is 0 Å². The summed E-state index contributed by atoms with van der Waals surface area (Å²) in [5, 5.41) is 1.52. The van der Waals surface area contributed by atoms with Crippen molar-refractivity contribution in [2.75, 3.05) is 0 Å². The molecule has 0 fully saturated rings. The Kier molecular flexibility index (Phi) is 2.16. The molecule has 0 saturated heterocycles. The Hall–Kier alpha value is -0.950. The molecule has 8 heteroatoms. The van der Waals surface area contributed by atoms with Crippen LogP contribution in [-0.2, 0) is 0 Å². The van der Waals surface area contributed by atoms with Crippen LogP contribution < -0.4 is 5.32 Å². The van der Waals surface area contributed by atoms with E-state index in [0.717, 1.165) is 0 Å². The summed E-state index contributed by atoms with van der Waals surface area (Å²) in [4.78, 5) is 2.67. The van der Waals surface area contributed by atoms with Crippen LogP contribution in [0.1, 0.15) is 0 Å². The fraction of sp³-hybridized carbons (Fsp3) is 0.800. The molecule has 2 unspecified atom stereocenters. The average Bonchev–Trinajstić information content (AvgIpc) is 2.27. The summed E-state index contributed by atoms with van der Waals surface area (Å²) in [7, 11) is 0. The van der Waals surface area contributed by atoms with E-state index in [1.165, 1.54) is 5.32 Å². The number of nitrogens with zero attached hydrogens (tertiary/aromatic N) is 1. The molecule has 2 atom stereocenters. The molecule has 0 amide bonds. The van der Waals surface area contributed by atoms with Crippen LogP contribution >= 0.6 is 0 Å². The maximum Gasteiger partial charge on any atom is 0.413 e. The summed E-state index contributed by atoms with van der Waals surface area (Å²) >= 11 is 0. The van der Waals surface area contributed by atoms with E-state index in [4.69, 9.17) is 0 Å². The zero-order valence-electron chi connectivity index (χ0n) is 5.95. The Morgan fingerprint density at radius 2 is 1.54 bits per heavy atom. The van der Waals surface area contributed by atoms with Crippen LogP contribution in [0.5, 0.6) is 0 Å². The second-order valence-electron chi connectivity index (χ2n) is 2.45. The fourth-order valence-corrected chi connectivity index (χ4v) is 0.928. The lowest BCUT2D eigenvalue weighted by molar-refractivity contribution is -0.204. The lowest BCUT2D eigenvalue weighted by atomic mass is 10.1. The van der Waals surface area contributed by atoms with E-state index in [9.17, 15) is 26.3 Å². The van der Waals surface area contributed by atoms with Crippen LogP contribution in [0, 0.1) is 0 Å². The van der Waals surface area contributed by atoms with Gasteiger partial charge >= 0.3 is 12.4 Å². The zero-order chi connectivity index (χ0) is 10.3. The number of nitrogens with one attached hydrogen (secondary N) is 1. The maximum atomic E-state index is 11.9. The van der Waals surface area contributed by atoms with Crippen molar-refractivity contribution in [1.29, 1.82) is 0 Å². The van der Waals surface area contributed by atoms with E-state index in [1.54, 1.807) is 0 Å². The van der Waals surface area contributed by atoms with Crippen molar-refractivity contribution in [2.24, 2.45) is 4.99 Å². The second kappa shape index (κ2) is 2.78. The van der Waals surface area contributed by atoms with Crippen LogP contribution in [0.2, 0.25) is 0 Å². The van der Waals surface area contributed by atoms with Gasteiger partial charge < -0.3 is 5.32 Å². The smallest absolute Gasteiger partial charge is 0.363 e. The van der Waals surface area contributed by atoms with Crippen molar-refractivity contribution >= 4 is 6.34 Å². The molecule has 0 radical (unpaired) electrons. The number of hydrogen-bond acceptors (Lipinski definition) is 2. The molecule has 2 nitrogen and oxygen atoms in total. The molecular formula is C5H4F6N2. The van der Waals surface area contributed by atoms with E-state index in [0.29, 0.717) is 6.34 Å². The molecule has 1 heterocycles. The molecular weight excluding hydrogens is 202 g/mol.